The van der Waals surface area contributed by atoms with Crippen molar-refractivity contribution >= 4 is 47.5 Å². The van der Waals surface area contributed by atoms with Gasteiger partial charge in [0.25, 0.3) is 0 Å². The van der Waals surface area contributed by atoms with E-state index in [1.54, 1.807) is 6.07 Å². The number of methoxy groups -OCH3 is 1. The fourth-order valence-electron chi connectivity index (χ4n) is 5.90. The highest BCUT2D eigenvalue weighted by Gasteiger charge is 2.65. The third kappa shape index (κ3) is 4.80. The lowest BCUT2D eigenvalue weighted by Gasteiger charge is -2.14. The average molecular weight is 578 g/mol. The van der Waals surface area contributed by atoms with Crippen molar-refractivity contribution in [1.29, 1.82) is 0 Å². The number of hydrogen-bond donors (Lipinski definition) is 3. The number of carboxylic acid groups (broad SMARTS) is 1. The number of rotatable bonds is 9. The molecule has 210 valence electrons. The predicted octanol–water partition coefficient (Wildman–Crippen LogP) is 6.73. The zero-order chi connectivity index (χ0) is 29.4. The quantitative estimate of drug-likeness (QED) is 0.150. The van der Waals surface area contributed by atoms with E-state index in [1.807, 2.05) is 72.8 Å². The lowest BCUT2D eigenvalue weighted by atomic mass is 9.89. The second-order valence-electron chi connectivity index (χ2n) is 10.4. The number of nitrogens with one attached hydrogen (secondary N) is 2. The standard InChI is InChI=1S/C33H26ClN4O4/c1-42-30-11-8-22(12-23(30)13-31(39)40)27-16-33(27)26-14-25(28(34)15-29(26)38-32(33)41)21-4-2-19(3-5-21)20-6-9-24(10-7-20)37-18-36-17-35/h2-12,14-15,17-18,27H,13,16H2,1H3,(H3-,35,36,37,38,39,40,41)/q-1. The van der Waals surface area contributed by atoms with E-state index in [0.717, 1.165) is 39.1 Å². The van der Waals surface area contributed by atoms with Crippen molar-refractivity contribution in [3.8, 4) is 28.0 Å². The molecule has 0 aromatic heterocycles. The maximum absolute atomic E-state index is 13.3. The van der Waals surface area contributed by atoms with Crippen molar-refractivity contribution in [2.45, 2.75) is 24.2 Å². The summed E-state index contributed by atoms with van der Waals surface area (Å²) in [5.41, 5.74) is 7.07. The number of nitrogens with zero attached hydrogens (tertiary/aromatic N) is 2. The minimum absolute atomic E-state index is 0.0691. The Morgan fingerprint density at radius 3 is 2.45 bits per heavy atom. The molecule has 4 aromatic rings. The largest absolute Gasteiger partial charge is 0.496 e. The molecule has 6 rings (SSSR count). The van der Waals surface area contributed by atoms with Crippen LogP contribution in [0.5, 0.6) is 5.75 Å². The van der Waals surface area contributed by atoms with E-state index in [2.05, 4.69) is 15.6 Å². The number of carbonyl (C=O) groups is 2. The summed E-state index contributed by atoms with van der Waals surface area (Å²) in [4.78, 5) is 28.4. The number of hydrogen-bond acceptors (Lipinski definition) is 3. The summed E-state index contributed by atoms with van der Waals surface area (Å²) in [5, 5.41) is 24.5. The number of aliphatic carboxylic acids is 1. The normalized spacial score (nSPS) is 18.5. The first kappa shape index (κ1) is 27.2. The van der Waals surface area contributed by atoms with Crippen LogP contribution in [-0.4, -0.2) is 36.8 Å². The molecule has 4 aromatic carbocycles. The monoisotopic (exact) mass is 577 g/mol. The lowest BCUT2D eigenvalue weighted by Crippen LogP contribution is -2.21. The van der Waals surface area contributed by atoms with Gasteiger partial charge in [0.1, 0.15) is 5.75 Å². The van der Waals surface area contributed by atoms with E-state index in [4.69, 9.17) is 21.7 Å². The van der Waals surface area contributed by atoms with Gasteiger partial charge in [-0.05, 0) is 70.9 Å². The van der Waals surface area contributed by atoms with Crippen LogP contribution in [0.2, 0.25) is 5.02 Å². The van der Waals surface area contributed by atoms with E-state index >= 15 is 0 Å². The Kier molecular flexibility index (Phi) is 7.00. The molecule has 1 heterocycles. The van der Waals surface area contributed by atoms with Crippen LogP contribution in [0.3, 0.4) is 0 Å². The van der Waals surface area contributed by atoms with Crippen molar-refractivity contribution in [3.63, 3.8) is 0 Å². The molecule has 2 unspecified atom stereocenters. The van der Waals surface area contributed by atoms with Crippen LogP contribution < -0.4 is 15.4 Å². The van der Waals surface area contributed by atoms with Gasteiger partial charge in [0.2, 0.25) is 5.91 Å². The predicted molar refractivity (Wildman–Crippen MR) is 166 cm³/mol. The summed E-state index contributed by atoms with van der Waals surface area (Å²) in [6.07, 6.45) is 2.58. The van der Waals surface area contributed by atoms with Crippen LogP contribution in [0.4, 0.5) is 11.4 Å². The second kappa shape index (κ2) is 10.8. The van der Waals surface area contributed by atoms with E-state index in [-0.39, 0.29) is 18.2 Å². The van der Waals surface area contributed by atoms with Crippen molar-refractivity contribution in [2.75, 3.05) is 17.7 Å². The number of fused-ring (bicyclic) bond motifs is 2. The number of carbonyl (C=O) groups excluding carboxylic acids is 1. The summed E-state index contributed by atoms with van der Waals surface area (Å²) in [5.74, 6) is -0.578. The Hall–Kier alpha value is -4.95. The SMILES string of the molecule is COc1ccc(C2CC23C(=O)Nc2cc(Cl)c(-c4ccc(-c5ccc(NC=NC=[N-])cc5)cc4)cc23)cc1CC(=O)O. The Morgan fingerprint density at radius 1 is 1.10 bits per heavy atom. The number of amides is 1. The Morgan fingerprint density at radius 2 is 1.79 bits per heavy atom. The zero-order valence-electron chi connectivity index (χ0n) is 22.6. The molecule has 1 aliphatic carbocycles. The number of benzene rings is 4. The first-order chi connectivity index (χ1) is 20.3. The Balaban J connectivity index is 1.28. The van der Waals surface area contributed by atoms with Crippen molar-refractivity contribution < 1.29 is 19.4 Å². The van der Waals surface area contributed by atoms with E-state index in [9.17, 15) is 14.7 Å². The molecule has 0 bridgehead atoms. The summed E-state index contributed by atoms with van der Waals surface area (Å²) < 4.78 is 5.36. The topological polar surface area (TPSA) is 122 Å². The molecular formula is C33H26ClN4O4-. The third-order valence-electron chi connectivity index (χ3n) is 8.04. The van der Waals surface area contributed by atoms with Crippen molar-refractivity contribution in [2.24, 2.45) is 4.99 Å². The molecule has 1 saturated carbocycles. The first-order valence-electron chi connectivity index (χ1n) is 13.3. The molecule has 9 heteroatoms. The second-order valence-corrected chi connectivity index (χ2v) is 10.8. The molecule has 0 radical (unpaired) electrons. The number of aliphatic imine (C=N–C) groups is 1. The average Bonchev–Trinajstić information content (AvgIpc) is 3.68. The number of ether oxygens (including phenoxy) is 1. The highest BCUT2D eigenvalue weighted by atomic mass is 35.5. The first-order valence-corrected chi connectivity index (χ1v) is 13.7. The van der Waals surface area contributed by atoms with E-state index in [0.29, 0.717) is 34.8 Å². The summed E-state index contributed by atoms with van der Waals surface area (Å²) >= 11 is 6.73. The van der Waals surface area contributed by atoms with Gasteiger partial charge in [-0.3, -0.25) is 9.59 Å². The van der Waals surface area contributed by atoms with Crippen molar-refractivity contribution in [1.82, 2.24) is 0 Å². The van der Waals surface area contributed by atoms with Gasteiger partial charge >= 0.3 is 5.97 Å². The summed E-state index contributed by atoms with van der Waals surface area (Å²) in [6, 6.07) is 25.3. The van der Waals surface area contributed by atoms with Crippen LogP contribution in [0.1, 0.15) is 29.0 Å². The smallest absolute Gasteiger partial charge is 0.307 e. The van der Waals surface area contributed by atoms with Crippen LogP contribution in [-0.2, 0) is 21.4 Å². The highest BCUT2D eigenvalue weighted by molar-refractivity contribution is 6.34. The van der Waals surface area contributed by atoms with Crippen LogP contribution in [0, 0.1) is 0 Å². The Labute approximate surface area is 247 Å². The van der Waals surface area contributed by atoms with Crippen LogP contribution in [0.25, 0.3) is 27.7 Å². The van der Waals surface area contributed by atoms with Crippen molar-refractivity contribution in [3.05, 3.63) is 106 Å². The minimum atomic E-state index is -0.942. The number of carboxylic acids is 1. The fourth-order valence-corrected chi connectivity index (χ4v) is 6.17. The van der Waals surface area contributed by atoms with Gasteiger partial charge in [-0.25, -0.2) is 0 Å². The molecule has 3 N–H and O–H groups in total. The van der Waals surface area contributed by atoms with E-state index < -0.39 is 11.4 Å². The highest BCUT2D eigenvalue weighted by Crippen LogP contribution is 2.65. The molecule has 2 aliphatic rings. The lowest BCUT2D eigenvalue weighted by molar-refractivity contribution is -0.136. The number of halogens is 1. The Bertz CT molecular complexity index is 1750. The molecule has 8 nitrogen and oxygen atoms in total. The fraction of sp³-hybridized carbons (Fsp3) is 0.152. The van der Waals surface area contributed by atoms with Gasteiger partial charge in [0, 0.05) is 28.4 Å². The molecule has 42 heavy (non-hydrogen) atoms. The molecule has 1 fully saturated rings. The van der Waals surface area contributed by atoms with Gasteiger partial charge in [-0.1, -0.05) is 60.1 Å². The molecule has 1 amide bonds. The maximum Gasteiger partial charge on any atom is 0.307 e. The molecule has 1 aliphatic heterocycles. The van der Waals surface area contributed by atoms with Gasteiger partial charge in [0.15, 0.2) is 0 Å². The minimum Gasteiger partial charge on any atom is -0.496 e. The summed E-state index contributed by atoms with van der Waals surface area (Å²) in [6.45, 7) is 0. The van der Waals surface area contributed by atoms with Gasteiger partial charge in [0.05, 0.1) is 24.0 Å². The molecular weight excluding hydrogens is 552 g/mol. The van der Waals surface area contributed by atoms with E-state index in [1.165, 1.54) is 13.4 Å². The van der Waals surface area contributed by atoms with Crippen LogP contribution >= 0.6 is 11.6 Å². The molecule has 2 atom stereocenters. The summed E-state index contributed by atoms with van der Waals surface area (Å²) in [7, 11) is 1.52. The van der Waals surface area contributed by atoms with Gasteiger partial charge in [-0.15, -0.1) is 6.34 Å². The number of anilines is 2. The van der Waals surface area contributed by atoms with Gasteiger partial charge < -0.3 is 30.9 Å². The van der Waals surface area contributed by atoms with Gasteiger partial charge in [-0.2, -0.15) is 0 Å². The maximum atomic E-state index is 13.3. The molecule has 0 saturated heterocycles. The third-order valence-corrected chi connectivity index (χ3v) is 8.35. The molecule has 1 spiro atoms. The zero-order valence-corrected chi connectivity index (χ0v) is 23.4. The van der Waals surface area contributed by atoms with Crippen LogP contribution in [0.15, 0.2) is 83.9 Å².